The molecule has 0 spiro atoms. The van der Waals surface area contributed by atoms with Gasteiger partial charge in [0.1, 0.15) is 23.9 Å². The van der Waals surface area contributed by atoms with Gasteiger partial charge in [-0.05, 0) is 53.1 Å². The summed E-state index contributed by atoms with van der Waals surface area (Å²) in [6.07, 6.45) is 0. The highest BCUT2D eigenvalue weighted by molar-refractivity contribution is 9.09. The molecule has 1 saturated heterocycles. The van der Waals surface area contributed by atoms with Crippen LogP contribution in [0.1, 0.15) is 35.4 Å². The Kier molecular flexibility index (Phi) is 7.32. The largest absolute Gasteiger partial charge is 0.497 e. The van der Waals surface area contributed by atoms with E-state index in [2.05, 4.69) is 15.9 Å². The summed E-state index contributed by atoms with van der Waals surface area (Å²) in [5, 5.41) is 0. The number of benzene rings is 3. The van der Waals surface area contributed by atoms with E-state index in [-0.39, 0.29) is 29.0 Å². The number of amides is 2. The first-order valence-electron chi connectivity index (χ1n) is 11.0. The summed E-state index contributed by atoms with van der Waals surface area (Å²) in [4.78, 5) is 27.8. The number of ether oxygens (including phenoxy) is 2. The highest BCUT2D eigenvalue weighted by Crippen LogP contribution is 2.42. The van der Waals surface area contributed by atoms with Crippen LogP contribution in [-0.4, -0.2) is 35.2 Å². The lowest BCUT2D eigenvalue weighted by Gasteiger charge is -2.17. The predicted molar refractivity (Wildman–Crippen MR) is 131 cm³/mol. The Labute approximate surface area is 206 Å². The molecule has 0 radical (unpaired) electrons. The van der Waals surface area contributed by atoms with Crippen LogP contribution in [0.3, 0.4) is 0 Å². The average Bonchev–Trinajstić information content (AvgIpc) is 3.08. The summed E-state index contributed by atoms with van der Waals surface area (Å²) in [5.74, 6) is -0.861. The van der Waals surface area contributed by atoms with E-state index in [4.69, 9.17) is 9.47 Å². The van der Waals surface area contributed by atoms with Crippen molar-refractivity contribution in [2.45, 2.75) is 30.2 Å². The Hall–Kier alpha value is -3.19. The van der Waals surface area contributed by atoms with E-state index in [1.165, 1.54) is 17.0 Å². The zero-order chi connectivity index (χ0) is 24.2. The van der Waals surface area contributed by atoms with Crippen molar-refractivity contribution in [3.05, 3.63) is 95.3 Å². The van der Waals surface area contributed by atoms with Crippen LogP contribution in [0.2, 0.25) is 0 Å². The Morgan fingerprint density at radius 3 is 1.85 bits per heavy atom. The van der Waals surface area contributed by atoms with E-state index < -0.39 is 11.8 Å². The van der Waals surface area contributed by atoms with Gasteiger partial charge in [0, 0.05) is 11.4 Å². The summed E-state index contributed by atoms with van der Waals surface area (Å²) in [6.45, 7) is 2.55. The Morgan fingerprint density at radius 2 is 1.35 bits per heavy atom. The minimum Gasteiger partial charge on any atom is -0.497 e. The highest BCUT2D eigenvalue weighted by atomic mass is 79.9. The van der Waals surface area contributed by atoms with Crippen molar-refractivity contribution < 1.29 is 23.5 Å². The standard InChI is InChI=1S/C27H25BrFNO4/c1-17(28)15-30-26(31)24(19-5-9-21(29)10-6-19)25(27(30)32)20-7-13-23(14-8-20)34-16-18-3-11-22(33-2)12-4-18/h3-14,17,24-25H,15-16H2,1-2H3. The molecule has 1 aliphatic heterocycles. The van der Waals surface area contributed by atoms with Crippen molar-refractivity contribution in [2.75, 3.05) is 13.7 Å². The molecule has 3 aromatic rings. The van der Waals surface area contributed by atoms with Crippen LogP contribution in [0.4, 0.5) is 4.39 Å². The smallest absolute Gasteiger partial charge is 0.237 e. The van der Waals surface area contributed by atoms with Crippen LogP contribution in [0, 0.1) is 5.82 Å². The maximum Gasteiger partial charge on any atom is 0.237 e. The highest BCUT2D eigenvalue weighted by Gasteiger charge is 2.49. The molecule has 7 heteroatoms. The lowest BCUT2D eigenvalue weighted by atomic mass is 9.83. The molecule has 34 heavy (non-hydrogen) atoms. The summed E-state index contributed by atoms with van der Waals surface area (Å²) in [6, 6.07) is 20.6. The van der Waals surface area contributed by atoms with Crippen molar-refractivity contribution in [2.24, 2.45) is 0 Å². The van der Waals surface area contributed by atoms with Crippen molar-refractivity contribution in [1.29, 1.82) is 0 Å². The van der Waals surface area contributed by atoms with Crippen LogP contribution in [0.25, 0.3) is 0 Å². The Balaban J connectivity index is 1.56. The van der Waals surface area contributed by atoms with Gasteiger partial charge in [0.2, 0.25) is 11.8 Å². The number of carbonyl (C=O) groups excluding carboxylic acids is 2. The van der Waals surface area contributed by atoms with Crippen molar-refractivity contribution >= 4 is 27.7 Å². The normalized spacial score (nSPS) is 18.8. The van der Waals surface area contributed by atoms with Crippen molar-refractivity contribution in [3.8, 4) is 11.5 Å². The van der Waals surface area contributed by atoms with Crippen LogP contribution < -0.4 is 9.47 Å². The van der Waals surface area contributed by atoms with Gasteiger partial charge in [0.05, 0.1) is 18.9 Å². The van der Waals surface area contributed by atoms with Crippen molar-refractivity contribution in [3.63, 3.8) is 0 Å². The van der Waals surface area contributed by atoms with E-state index in [0.29, 0.717) is 23.5 Å². The Morgan fingerprint density at radius 1 is 0.853 bits per heavy atom. The number of halogens is 2. The number of hydrogen-bond acceptors (Lipinski definition) is 4. The number of alkyl halides is 1. The molecule has 1 fully saturated rings. The summed E-state index contributed by atoms with van der Waals surface area (Å²) in [5.41, 5.74) is 2.33. The van der Waals surface area contributed by atoms with Crippen LogP contribution >= 0.6 is 15.9 Å². The number of imide groups is 1. The monoisotopic (exact) mass is 525 g/mol. The zero-order valence-electron chi connectivity index (χ0n) is 18.9. The molecule has 1 heterocycles. The maximum absolute atomic E-state index is 13.5. The molecule has 0 N–H and O–H groups in total. The molecule has 0 bridgehead atoms. The minimum atomic E-state index is -0.703. The van der Waals surface area contributed by atoms with Gasteiger partial charge in [-0.25, -0.2) is 4.39 Å². The van der Waals surface area contributed by atoms with Gasteiger partial charge in [-0.15, -0.1) is 0 Å². The molecule has 0 saturated carbocycles. The van der Waals surface area contributed by atoms with Crippen LogP contribution in [0.5, 0.6) is 11.5 Å². The van der Waals surface area contributed by atoms with Gasteiger partial charge >= 0.3 is 0 Å². The fourth-order valence-corrected chi connectivity index (χ4v) is 4.45. The van der Waals surface area contributed by atoms with Crippen LogP contribution in [0.15, 0.2) is 72.8 Å². The van der Waals surface area contributed by atoms with Crippen LogP contribution in [-0.2, 0) is 16.2 Å². The second-order valence-electron chi connectivity index (χ2n) is 8.28. The third-order valence-electron chi connectivity index (χ3n) is 5.86. The molecule has 176 valence electrons. The topological polar surface area (TPSA) is 55.8 Å². The predicted octanol–water partition coefficient (Wildman–Crippen LogP) is 5.43. The van der Waals surface area contributed by atoms with Gasteiger partial charge in [0.15, 0.2) is 0 Å². The third-order valence-corrected chi connectivity index (χ3v) is 6.15. The number of methoxy groups -OCH3 is 1. The summed E-state index contributed by atoms with van der Waals surface area (Å²) < 4.78 is 24.6. The molecule has 3 atom stereocenters. The summed E-state index contributed by atoms with van der Waals surface area (Å²) in [7, 11) is 1.62. The van der Waals surface area contributed by atoms with Gasteiger partial charge < -0.3 is 9.47 Å². The maximum atomic E-state index is 13.5. The molecular weight excluding hydrogens is 501 g/mol. The van der Waals surface area contributed by atoms with Crippen molar-refractivity contribution in [1.82, 2.24) is 4.90 Å². The molecular formula is C27H25BrFNO4. The number of likely N-dealkylation sites (tertiary alicyclic amines) is 1. The molecule has 0 aliphatic carbocycles. The second-order valence-corrected chi connectivity index (χ2v) is 9.84. The van der Waals surface area contributed by atoms with Gasteiger partial charge in [-0.3, -0.25) is 14.5 Å². The lowest BCUT2D eigenvalue weighted by molar-refractivity contribution is -0.138. The fraction of sp³-hybridized carbons (Fsp3) is 0.259. The third kappa shape index (κ3) is 5.14. The van der Waals surface area contributed by atoms with Gasteiger partial charge in [0.25, 0.3) is 0 Å². The first kappa shape index (κ1) is 24.0. The number of carbonyl (C=O) groups is 2. The Bertz CT molecular complexity index is 1150. The fourth-order valence-electron chi connectivity index (χ4n) is 4.16. The van der Waals surface area contributed by atoms with E-state index >= 15 is 0 Å². The first-order valence-corrected chi connectivity index (χ1v) is 11.9. The molecule has 5 nitrogen and oxygen atoms in total. The van der Waals surface area contributed by atoms with Gasteiger partial charge in [-0.2, -0.15) is 0 Å². The van der Waals surface area contributed by atoms with E-state index in [1.54, 1.807) is 31.4 Å². The number of nitrogens with zero attached hydrogens (tertiary/aromatic N) is 1. The number of hydrogen-bond donors (Lipinski definition) is 0. The van der Waals surface area contributed by atoms with E-state index in [0.717, 1.165) is 11.3 Å². The second kappa shape index (κ2) is 10.4. The average molecular weight is 526 g/mol. The molecule has 3 unspecified atom stereocenters. The molecule has 2 amide bonds. The molecule has 3 aromatic carbocycles. The van der Waals surface area contributed by atoms with E-state index in [9.17, 15) is 14.0 Å². The molecule has 4 rings (SSSR count). The quantitative estimate of drug-likeness (QED) is 0.290. The zero-order valence-corrected chi connectivity index (χ0v) is 20.5. The SMILES string of the molecule is COc1ccc(COc2ccc(C3C(=O)N(CC(C)Br)C(=O)C3c3ccc(F)cc3)cc2)cc1. The lowest BCUT2D eigenvalue weighted by Crippen LogP contribution is -2.35. The molecule has 1 aliphatic rings. The molecule has 0 aromatic heterocycles. The first-order chi connectivity index (χ1) is 16.4. The van der Waals surface area contributed by atoms with Gasteiger partial charge in [-0.1, -0.05) is 59.3 Å². The minimum absolute atomic E-state index is 0.0400. The van der Waals surface area contributed by atoms with E-state index in [1.807, 2.05) is 43.3 Å². The summed E-state index contributed by atoms with van der Waals surface area (Å²) >= 11 is 3.44. The number of rotatable bonds is 8.